The molecule has 3 heteroatoms. The molecular weight excluding hydrogens is 263 g/mol. The zero-order chi connectivity index (χ0) is 13.8. The molecule has 2 aromatic rings. The molecule has 0 fully saturated rings. The van der Waals surface area contributed by atoms with Gasteiger partial charge in [0.25, 0.3) is 0 Å². The van der Waals surface area contributed by atoms with Gasteiger partial charge in [-0.3, -0.25) is 0 Å². The Morgan fingerprint density at radius 1 is 1.16 bits per heavy atom. The summed E-state index contributed by atoms with van der Waals surface area (Å²) in [6.07, 6.45) is 1.25. The SMILES string of the molecule is Cc1cc(C(CC=O)c2ccc(Cl)cc2)ccc1F. The summed E-state index contributed by atoms with van der Waals surface area (Å²) in [6, 6.07) is 12.3. The molecule has 1 atom stereocenters. The Balaban J connectivity index is 2.41. The number of rotatable bonds is 4. The van der Waals surface area contributed by atoms with Gasteiger partial charge in [-0.25, -0.2) is 4.39 Å². The van der Waals surface area contributed by atoms with E-state index in [1.54, 1.807) is 31.2 Å². The summed E-state index contributed by atoms with van der Waals surface area (Å²) in [7, 11) is 0. The predicted molar refractivity (Wildman–Crippen MR) is 75.1 cm³/mol. The summed E-state index contributed by atoms with van der Waals surface area (Å²) in [5, 5.41) is 0.656. The highest BCUT2D eigenvalue weighted by atomic mass is 35.5. The van der Waals surface area contributed by atoms with E-state index in [4.69, 9.17) is 11.6 Å². The number of hydrogen-bond donors (Lipinski definition) is 0. The van der Waals surface area contributed by atoms with E-state index < -0.39 is 0 Å². The molecule has 0 aliphatic heterocycles. The minimum Gasteiger partial charge on any atom is -0.303 e. The topological polar surface area (TPSA) is 17.1 Å². The highest BCUT2D eigenvalue weighted by molar-refractivity contribution is 6.30. The molecule has 1 nitrogen and oxygen atoms in total. The maximum absolute atomic E-state index is 13.3. The zero-order valence-electron chi connectivity index (χ0n) is 10.6. The highest BCUT2D eigenvalue weighted by Crippen LogP contribution is 2.29. The van der Waals surface area contributed by atoms with Gasteiger partial charge in [0, 0.05) is 17.4 Å². The van der Waals surface area contributed by atoms with Gasteiger partial charge in [0.05, 0.1) is 0 Å². The van der Waals surface area contributed by atoms with Crippen LogP contribution in [-0.2, 0) is 4.79 Å². The maximum atomic E-state index is 13.3. The lowest BCUT2D eigenvalue weighted by molar-refractivity contribution is -0.108. The molecule has 0 N–H and O–H groups in total. The summed E-state index contributed by atoms with van der Waals surface area (Å²) in [4.78, 5) is 10.9. The van der Waals surface area contributed by atoms with Crippen molar-refractivity contribution in [2.45, 2.75) is 19.3 Å². The van der Waals surface area contributed by atoms with Crippen LogP contribution < -0.4 is 0 Å². The third-order valence-corrected chi connectivity index (χ3v) is 3.44. The average Bonchev–Trinajstić information content (AvgIpc) is 2.41. The van der Waals surface area contributed by atoms with Gasteiger partial charge < -0.3 is 4.79 Å². The Morgan fingerprint density at radius 3 is 2.37 bits per heavy atom. The molecule has 0 aliphatic rings. The Hall–Kier alpha value is -1.67. The minimum absolute atomic E-state index is 0.0610. The molecule has 0 aromatic heterocycles. The van der Waals surface area contributed by atoms with E-state index in [2.05, 4.69) is 0 Å². The van der Waals surface area contributed by atoms with Crippen LogP contribution in [0.5, 0.6) is 0 Å². The smallest absolute Gasteiger partial charge is 0.126 e. The molecule has 0 amide bonds. The van der Waals surface area contributed by atoms with Crippen LogP contribution in [0, 0.1) is 12.7 Å². The fraction of sp³-hybridized carbons (Fsp3) is 0.188. The summed E-state index contributed by atoms with van der Waals surface area (Å²) in [6.45, 7) is 1.72. The van der Waals surface area contributed by atoms with Crippen molar-refractivity contribution in [1.82, 2.24) is 0 Å². The first kappa shape index (κ1) is 13.8. The molecular formula is C16H14ClFO. The van der Waals surface area contributed by atoms with Gasteiger partial charge in [0.1, 0.15) is 12.1 Å². The molecule has 0 saturated carbocycles. The van der Waals surface area contributed by atoms with E-state index in [1.807, 2.05) is 12.1 Å². The summed E-state index contributed by atoms with van der Waals surface area (Å²) in [5.74, 6) is -0.293. The van der Waals surface area contributed by atoms with Crippen LogP contribution in [-0.4, -0.2) is 6.29 Å². The van der Waals surface area contributed by atoms with Crippen LogP contribution in [0.2, 0.25) is 5.02 Å². The molecule has 2 rings (SSSR count). The quantitative estimate of drug-likeness (QED) is 0.751. The van der Waals surface area contributed by atoms with E-state index >= 15 is 0 Å². The van der Waals surface area contributed by atoms with Gasteiger partial charge in [-0.05, 0) is 41.8 Å². The molecule has 19 heavy (non-hydrogen) atoms. The number of hydrogen-bond acceptors (Lipinski definition) is 1. The van der Waals surface area contributed by atoms with E-state index in [9.17, 15) is 9.18 Å². The zero-order valence-corrected chi connectivity index (χ0v) is 11.3. The van der Waals surface area contributed by atoms with Gasteiger partial charge in [-0.1, -0.05) is 35.9 Å². The Labute approximate surface area is 117 Å². The summed E-state index contributed by atoms with van der Waals surface area (Å²) in [5.41, 5.74) is 2.53. The Bertz CT molecular complexity index is 578. The van der Waals surface area contributed by atoms with Crippen LogP contribution in [0.25, 0.3) is 0 Å². The van der Waals surface area contributed by atoms with Crippen molar-refractivity contribution in [3.8, 4) is 0 Å². The number of halogens is 2. The van der Waals surface area contributed by atoms with Crippen LogP contribution in [0.4, 0.5) is 4.39 Å². The average molecular weight is 277 g/mol. The number of carbonyl (C=O) groups is 1. The first-order chi connectivity index (χ1) is 9.11. The largest absolute Gasteiger partial charge is 0.303 e. The van der Waals surface area contributed by atoms with Gasteiger partial charge in [0.15, 0.2) is 0 Å². The second kappa shape index (κ2) is 5.98. The van der Waals surface area contributed by atoms with Gasteiger partial charge >= 0.3 is 0 Å². The molecule has 0 spiro atoms. The Morgan fingerprint density at radius 2 is 1.79 bits per heavy atom. The van der Waals surface area contributed by atoms with Crippen molar-refractivity contribution in [3.05, 3.63) is 70.0 Å². The lowest BCUT2D eigenvalue weighted by Crippen LogP contribution is -2.03. The van der Waals surface area contributed by atoms with Crippen molar-refractivity contribution >= 4 is 17.9 Å². The standard InChI is InChI=1S/C16H14ClFO/c1-11-10-13(4-7-16(11)18)15(8-9-19)12-2-5-14(17)6-3-12/h2-7,9-10,15H,8H2,1H3. The highest BCUT2D eigenvalue weighted by Gasteiger charge is 2.14. The van der Waals surface area contributed by atoms with Crippen molar-refractivity contribution < 1.29 is 9.18 Å². The third kappa shape index (κ3) is 3.21. The molecule has 0 radical (unpaired) electrons. The van der Waals surface area contributed by atoms with Crippen LogP contribution >= 0.6 is 11.6 Å². The van der Waals surface area contributed by atoms with Crippen LogP contribution in [0.3, 0.4) is 0 Å². The van der Waals surface area contributed by atoms with E-state index in [0.717, 1.165) is 17.4 Å². The van der Waals surface area contributed by atoms with Crippen LogP contribution in [0.1, 0.15) is 29.0 Å². The van der Waals surface area contributed by atoms with E-state index in [-0.39, 0.29) is 11.7 Å². The van der Waals surface area contributed by atoms with Crippen molar-refractivity contribution in [3.63, 3.8) is 0 Å². The maximum Gasteiger partial charge on any atom is 0.126 e. The van der Waals surface area contributed by atoms with E-state index in [0.29, 0.717) is 17.0 Å². The molecule has 0 heterocycles. The first-order valence-electron chi connectivity index (χ1n) is 6.07. The minimum atomic E-state index is -0.232. The number of aryl methyl sites for hydroxylation is 1. The van der Waals surface area contributed by atoms with Gasteiger partial charge in [-0.15, -0.1) is 0 Å². The lowest BCUT2D eigenvalue weighted by atomic mass is 9.88. The molecule has 1 unspecified atom stereocenters. The lowest BCUT2D eigenvalue weighted by Gasteiger charge is -2.16. The molecule has 0 bridgehead atoms. The molecule has 98 valence electrons. The Kier molecular flexibility index (Phi) is 4.33. The van der Waals surface area contributed by atoms with Gasteiger partial charge in [-0.2, -0.15) is 0 Å². The second-order valence-corrected chi connectivity index (χ2v) is 4.95. The number of carbonyl (C=O) groups excluding carboxylic acids is 1. The molecule has 2 aromatic carbocycles. The van der Waals surface area contributed by atoms with Gasteiger partial charge in [0.2, 0.25) is 0 Å². The summed E-state index contributed by atoms with van der Waals surface area (Å²) < 4.78 is 13.3. The normalized spacial score (nSPS) is 12.2. The molecule has 0 aliphatic carbocycles. The van der Waals surface area contributed by atoms with Crippen molar-refractivity contribution in [2.24, 2.45) is 0 Å². The van der Waals surface area contributed by atoms with Crippen LogP contribution in [0.15, 0.2) is 42.5 Å². The monoisotopic (exact) mass is 276 g/mol. The predicted octanol–water partition coefficient (Wildman–Crippen LogP) is 4.51. The fourth-order valence-corrected chi connectivity index (χ4v) is 2.27. The molecule has 0 saturated heterocycles. The third-order valence-electron chi connectivity index (χ3n) is 3.19. The van der Waals surface area contributed by atoms with Crippen molar-refractivity contribution in [2.75, 3.05) is 0 Å². The first-order valence-corrected chi connectivity index (χ1v) is 6.44. The van der Waals surface area contributed by atoms with Crippen molar-refractivity contribution in [1.29, 1.82) is 0 Å². The van der Waals surface area contributed by atoms with E-state index in [1.165, 1.54) is 6.07 Å². The number of benzene rings is 2. The fourth-order valence-electron chi connectivity index (χ4n) is 2.14. The number of aldehydes is 1. The second-order valence-electron chi connectivity index (χ2n) is 4.52. The summed E-state index contributed by atoms with van der Waals surface area (Å²) >= 11 is 5.87.